The van der Waals surface area contributed by atoms with E-state index in [0.29, 0.717) is 12.2 Å². The van der Waals surface area contributed by atoms with Crippen molar-refractivity contribution in [3.63, 3.8) is 0 Å². The van der Waals surface area contributed by atoms with Gasteiger partial charge < -0.3 is 19.7 Å². The Balaban J connectivity index is 1.25. The minimum Gasteiger partial charge on any atom is -0.376 e. The second kappa shape index (κ2) is 11.0. The lowest BCUT2D eigenvalue weighted by molar-refractivity contribution is -0.0721. The summed E-state index contributed by atoms with van der Waals surface area (Å²) in [5, 5.41) is 5.98. The average Bonchev–Trinajstić information content (AvgIpc) is 3.36. The largest absolute Gasteiger partial charge is 0.376 e. The van der Waals surface area contributed by atoms with Crippen LogP contribution >= 0.6 is 11.3 Å². The van der Waals surface area contributed by atoms with Crippen LogP contribution in [-0.4, -0.2) is 63.0 Å². The molecule has 1 aromatic rings. The number of ether oxygens (including phenoxy) is 2. The molecule has 0 amide bonds. The molecule has 2 aliphatic heterocycles. The predicted octanol–water partition coefficient (Wildman–Crippen LogP) is 4.58. The predicted molar refractivity (Wildman–Crippen MR) is 125 cm³/mol. The SMILES string of the molecule is CN=C(NCC1(c2cccs2)CCCCC1)N1CCC(OCC2CCCCO2)CC1. The number of rotatable bonds is 6. The number of hydrogen-bond acceptors (Lipinski definition) is 4. The topological polar surface area (TPSA) is 46.1 Å². The van der Waals surface area contributed by atoms with E-state index in [9.17, 15) is 0 Å². The van der Waals surface area contributed by atoms with Gasteiger partial charge in [-0.2, -0.15) is 0 Å². The van der Waals surface area contributed by atoms with Gasteiger partial charge in [-0.05, 0) is 56.4 Å². The zero-order valence-corrected chi connectivity index (χ0v) is 19.4. The van der Waals surface area contributed by atoms with Crippen LogP contribution in [0.2, 0.25) is 0 Å². The van der Waals surface area contributed by atoms with Gasteiger partial charge in [0.15, 0.2) is 5.96 Å². The monoisotopic (exact) mass is 433 g/mol. The third-order valence-electron chi connectivity index (χ3n) is 7.18. The van der Waals surface area contributed by atoms with Gasteiger partial charge in [-0.1, -0.05) is 25.3 Å². The second-order valence-electron chi connectivity index (χ2n) is 9.23. The number of thiophene rings is 1. The van der Waals surface area contributed by atoms with Crippen molar-refractivity contribution in [2.45, 2.75) is 81.8 Å². The fraction of sp³-hybridized carbons (Fsp3) is 0.792. The maximum absolute atomic E-state index is 6.19. The van der Waals surface area contributed by atoms with Gasteiger partial charge in [0.2, 0.25) is 0 Å². The summed E-state index contributed by atoms with van der Waals surface area (Å²) in [6.45, 7) is 4.70. The van der Waals surface area contributed by atoms with Gasteiger partial charge in [0, 0.05) is 43.6 Å². The van der Waals surface area contributed by atoms with E-state index in [-0.39, 0.29) is 5.41 Å². The first-order valence-corrected chi connectivity index (χ1v) is 12.9. The molecule has 30 heavy (non-hydrogen) atoms. The van der Waals surface area contributed by atoms with Gasteiger partial charge in [0.25, 0.3) is 0 Å². The van der Waals surface area contributed by atoms with Crippen molar-refractivity contribution < 1.29 is 9.47 Å². The molecule has 4 rings (SSSR count). The Bertz CT molecular complexity index is 643. The molecule has 168 valence electrons. The molecule has 5 nitrogen and oxygen atoms in total. The Morgan fingerprint density at radius 1 is 1.20 bits per heavy atom. The quantitative estimate of drug-likeness (QED) is 0.527. The van der Waals surface area contributed by atoms with Crippen LogP contribution in [0.4, 0.5) is 0 Å². The third-order valence-corrected chi connectivity index (χ3v) is 8.30. The highest BCUT2D eigenvalue weighted by molar-refractivity contribution is 7.10. The molecule has 0 aromatic carbocycles. The lowest BCUT2D eigenvalue weighted by Gasteiger charge is -2.39. The van der Waals surface area contributed by atoms with E-state index in [1.54, 1.807) is 4.88 Å². The van der Waals surface area contributed by atoms with Crippen molar-refractivity contribution in [3.05, 3.63) is 22.4 Å². The number of guanidine groups is 1. The Kier molecular flexibility index (Phi) is 8.07. The van der Waals surface area contributed by atoms with Crippen molar-refractivity contribution in [3.8, 4) is 0 Å². The van der Waals surface area contributed by atoms with Crippen LogP contribution in [0.1, 0.15) is 69.1 Å². The summed E-state index contributed by atoms with van der Waals surface area (Å²) in [5.74, 6) is 1.06. The van der Waals surface area contributed by atoms with Gasteiger partial charge in [-0.25, -0.2) is 0 Å². The second-order valence-corrected chi connectivity index (χ2v) is 10.2. The Labute approximate surface area is 186 Å². The molecule has 0 spiro atoms. The third kappa shape index (κ3) is 5.57. The lowest BCUT2D eigenvalue weighted by atomic mass is 9.73. The number of aliphatic imine (C=N–C) groups is 1. The summed E-state index contributed by atoms with van der Waals surface area (Å²) < 4.78 is 12.0. The van der Waals surface area contributed by atoms with Crippen LogP contribution in [0.25, 0.3) is 0 Å². The van der Waals surface area contributed by atoms with Crippen LogP contribution in [0.5, 0.6) is 0 Å². The summed E-state index contributed by atoms with van der Waals surface area (Å²) >= 11 is 1.92. The van der Waals surface area contributed by atoms with Gasteiger partial charge in [0.1, 0.15) is 0 Å². The molecule has 3 heterocycles. The van der Waals surface area contributed by atoms with E-state index in [0.717, 1.165) is 58.1 Å². The van der Waals surface area contributed by atoms with Crippen molar-refractivity contribution in [1.82, 2.24) is 10.2 Å². The zero-order chi connectivity index (χ0) is 20.7. The maximum atomic E-state index is 6.19. The molecule has 3 fully saturated rings. The summed E-state index contributed by atoms with van der Waals surface area (Å²) in [5.41, 5.74) is 0.282. The molecule has 6 heteroatoms. The average molecular weight is 434 g/mol. The normalized spacial score (nSPS) is 26.0. The van der Waals surface area contributed by atoms with Crippen LogP contribution < -0.4 is 5.32 Å². The number of likely N-dealkylation sites (tertiary alicyclic amines) is 1. The van der Waals surface area contributed by atoms with Gasteiger partial charge in [-0.15, -0.1) is 11.3 Å². The van der Waals surface area contributed by atoms with E-state index in [1.165, 1.54) is 44.9 Å². The fourth-order valence-corrected chi connectivity index (χ4v) is 6.30. The minimum absolute atomic E-state index is 0.282. The van der Waals surface area contributed by atoms with Crippen molar-refractivity contribution in [1.29, 1.82) is 0 Å². The van der Waals surface area contributed by atoms with Crippen molar-refractivity contribution in [2.24, 2.45) is 4.99 Å². The highest BCUT2D eigenvalue weighted by Gasteiger charge is 2.35. The Hall–Kier alpha value is -1.11. The van der Waals surface area contributed by atoms with Crippen molar-refractivity contribution >= 4 is 17.3 Å². The minimum atomic E-state index is 0.282. The summed E-state index contributed by atoms with van der Waals surface area (Å²) in [6, 6.07) is 4.54. The molecule has 2 saturated heterocycles. The molecule has 1 N–H and O–H groups in total. The molecule has 0 radical (unpaired) electrons. The Morgan fingerprint density at radius 3 is 2.70 bits per heavy atom. The first-order chi connectivity index (χ1) is 14.8. The van der Waals surface area contributed by atoms with Crippen LogP contribution in [-0.2, 0) is 14.9 Å². The van der Waals surface area contributed by atoms with E-state index >= 15 is 0 Å². The molecule has 1 aliphatic carbocycles. The summed E-state index contributed by atoms with van der Waals surface area (Å²) in [6.07, 6.45) is 13.1. The van der Waals surface area contributed by atoms with Gasteiger partial charge in [0.05, 0.1) is 18.8 Å². The summed E-state index contributed by atoms with van der Waals surface area (Å²) in [7, 11) is 1.92. The van der Waals surface area contributed by atoms with Crippen LogP contribution in [0, 0.1) is 0 Å². The number of nitrogens with one attached hydrogen (secondary N) is 1. The Morgan fingerprint density at radius 2 is 2.03 bits per heavy atom. The molecular weight excluding hydrogens is 394 g/mol. The molecule has 1 atom stereocenters. The van der Waals surface area contributed by atoms with Crippen LogP contribution in [0.3, 0.4) is 0 Å². The summed E-state index contributed by atoms with van der Waals surface area (Å²) in [4.78, 5) is 8.59. The number of hydrogen-bond donors (Lipinski definition) is 1. The standard InChI is InChI=1S/C24H39N3O2S/c1-25-23(26-19-24(12-4-2-5-13-24)22-9-7-17-30-22)27-14-10-20(11-15-27)29-18-21-8-3-6-16-28-21/h7,9,17,20-21H,2-6,8,10-16,18-19H2,1H3,(H,25,26). The smallest absolute Gasteiger partial charge is 0.193 e. The fourth-order valence-electron chi connectivity index (χ4n) is 5.32. The molecular formula is C24H39N3O2S. The highest BCUT2D eigenvalue weighted by Crippen LogP contribution is 2.41. The van der Waals surface area contributed by atoms with E-state index in [1.807, 2.05) is 18.4 Å². The zero-order valence-electron chi connectivity index (χ0n) is 18.6. The van der Waals surface area contributed by atoms with E-state index < -0.39 is 0 Å². The van der Waals surface area contributed by atoms with E-state index in [4.69, 9.17) is 9.47 Å². The molecule has 1 aromatic heterocycles. The maximum Gasteiger partial charge on any atom is 0.193 e. The first-order valence-electron chi connectivity index (χ1n) is 12.0. The molecule has 1 saturated carbocycles. The highest BCUT2D eigenvalue weighted by atomic mass is 32.1. The van der Waals surface area contributed by atoms with Gasteiger partial charge in [-0.3, -0.25) is 4.99 Å². The molecule has 1 unspecified atom stereocenters. The lowest BCUT2D eigenvalue weighted by Crippen LogP contribution is -2.51. The van der Waals surface area contributed by atoms with Gasteiger partial charge >= 0.3 is 0 Å². The van der Waals surface area contributed by atoms with Crippen molar-refractivity contribution in [2.75, 3.05) is 39.9 Å². The van der Waals surface area contributed by atoms with E-state index in [2.05, 4.69) is 32.7 Å². The number of piperidine rings is 1. The molecule has 0 bridgehead atoms. The molecule has 3 aliphatic rings. The van der Waals surface area contributed by atoms with Crippen LogP contribution in [0.15, 0.2) is 22.5 Å². The first kappa shape index (κ1) is 22.1. The number of nitrogens with zero attached hydrogens (tertiary/aromatic N) is 2.